The van der Waals surface area contributed by atoms with Crippen LogP contribution in [0.4, 0.5) is 0 Å². The Kier molecular flexibility index (Phi) is 8.15. The molecule has 4 heteroatoms. The summed E-state index contributed by atoms with van der Waals surface area (Å²) in [5.74, 6) is -0.0109. The van der Waals surface area contributed by atoms with Crippen molar-refractivity contribution in [3.8, 4) is 0 Å². The first kappa shape index (κ1) is 17.4. The smallest absolute Gasteiger partial charge is 0.311 e. The molecule has 0 spiro atoms. The Morgan fingerprint density at radius 1 is 1.20 bits per heavy atom. The van der Waals surface area contributed by atoms with Gasteiger partial charge in [-0.3, -0.25) is 9.69 Å². The van der Waals surface area contributed by atoms with E-state index >= 15 is 0 Å². The topological polar surface area (TPSA) is 38.8 Å². The van der Waals surface area contributed by atoms with Crippen molar-refractivity contribution in [3.05, 3.63) is 0 Å². The minimum absolute atomic E-state index is 0.0109. The molecule has 0 bridgehead atoms. The maximum absolute atomic E-state index is 12.2. The first-order valence-corrected chi connectivity index (χ1v) is 8.09. The van der Waals surface area contributed by atoms with Gasteiger partial charge in [-0.15, -0.1) is 0 Å². The van der Waals surface area contributed by atoms with Crippen molar-refractivity contribution >= 4 is 5.97 Å². The monoisotopic (exact) mass is 285 g/mol. The third-order valence-electron chi connectivity index (χ3n) is 4.05. The fraction of sp³-hybridized carbons (Fsp3) is 0.938. The Labute approximate surface area is 123 Å². The summed E-state index contributed by atoms with van der Waals surface area (Å²) in [6, 6.07) is 0. The molecule has 0 aliphatic carbocycles. The van der Waals surface area contributed by atoms with E-state index in [9.17, 15) is 4.79 Å². The van der Waals surface area contributed by atoms with Crippen LogP contribution >= 0.6 is 0 Å². The highest BCUT2D eigenvalue weighted by molar-refractivity contribution is 5.76. The second-order valence-electron chi connectivity index (χ2n) is 6.00. The number of hydrogen-bond donors (Lipinski definition) is 0. The summed E-state index contributed by atoms with van der Waals surface area (Å²) >= 11 is 0. The Hall–Kier alpha value is -0.610. The first-order valence-electron chi connectivity index (χ1n) is 8.09. The summed E-state index contributed by atoms with van der Waals surface area (Å²) < 4.78 is 10.8. The van der Waals surface area contributed by atoms with Crippen LogP contribution in [0.25, 0.3) is 0 Å². The summed E-state index contributed by atoms with van der Waals surface area (Å²) in [6.07, 6.45) is 4.81. The van der Waals surface area contributed by atoms with E-state index in [-0.39, 0.29) is 11.4 Å². The van der Waals surface area contributed by atoms with Crippen molar-refractivity contribution in [3.63, 3.8) is 0 Å². The zero-order valence-corrected chi connectivity index (χ0v) is 13.5. The molecular formula is C16H31NO3. The molecule has 0 amide bonds. The summed E-state index contributed by atoms with van der Waals surface area (Å²) in [7, 11) is 0. The highest BCUT2D eigenvalue weighted by atomic mass is 16.5. The van der Waals surface area contributed by atoms with Crippen molar-refractivity contribution in [2.24, 2.45) is 5.41 Å². The van der Waals surface area contributed by atoms with E-state index in [2.05, 4.69) is 18.7 Å². The standard InChI is InChI=1S/C16H31NO3/c1-4-7-16(3,8-5-2)15(18)20-12-6-9-17-10-13-19-14-11-17/h4-14H2,1-3H3. The molecule has 118 valence electrons. The summed E-state index contributed by atoms with van der Waals surface area (Å²) in [6.45, 7) is 11.5. The van der Waals surface area contributed by atoms with E-state index in [4.69, 9.17) is 9.47 Å². The van der Waals surface area contributed by atoms with Crippen molar-refractivity contribution in [1.29, 1.82) is 0 Å². The van der Waals surface area contributed by atoms with E-state index in [1.54, 1.807) is 0 Å². The van der Waals surface area contributed by atoms with Gasteiger partial charge in [-0.05, 0) is 26.2 Å². The van der Waals surface area contributed by atoms with Gasteiger partial charge in [0.1, 0.15) is 0 Å². The Bertz CT molecular complexity index is 269. The van der Waals surface area contributed by atoms with Gasteiger partial charge in [0, 0.05) is 19.6 Å². The predicted octanol–water partition coefficient (Wildman–Crippen LogP) is 2.86. The molecule has 0 aromatic rings. The molecule has 1 aliphatic rings. The molecule has 4 nitrogen and oxygen atoms in total. The summed E-state index contributed by atoms with van der Waals surface area (Å²) in [5, 5.41) is 0. The van der Waals surface area contributed by atoms with E-state index in [1.807, 2.05) is 6.92 Å². The molecule has 0 N–H and O–H groups in total. The third-order valence-corrected chi connectivity index (χ3v) is 4.05. The Morgan fingerprint density at radius 3 is 2.35 bits per heavy atom. The fourth-order valence-corrected chi connectivity index (χ4v) is 2.88. The van der Waals surface area contributed by atoms with Crippen LogP contribution in [0.15, 0.2) is 0 Å². The second-order valence-corrected chi connectivity index (χ2v) is 6.00. The Morgan fingerprint density at radius 2 is 1.80 bits per heavy atom. The largest absolute Gasteiger partial charge is 0.465 e. The quantitative estimate of drug-likeness (QED) is 0.482. The molecule has 0 atom stereocenters. The number of carbonyl (C=O) groups is 1. The fourth-order valence-electron chi connectivity index (χ4n) is 2.88. The zero-order chi connectivity index (χ0) is 14.8. The molecule has 1 fully saturated rings. The minimum Gasteiger partial charge on any atom is -0.465 e. The summed E-state index contributed by atoms with van der Waals surface area (Å²) in [5.41, 5.74) is -0.289. The van der Waals surface area contributed by atoms with Gasteiger partial charge in [0.15, 0.2) is 0 Å². The van der Waals surface area contributed by atoms with E-state index in [0.717, 1.165) is 65.0 Å². The lowest BCUT2D eigenvalue weighted by Crippen LogP contribution is -2.37. The number of nitrogens with zero attached hydrogens (tertiary/aromatic N) is 1. The molecule has 1 heterocycles. The maximum atomic E-state index is 12.2. The van der Waals surface area contributed by atoms with Gasteiger partial charge in [-0.2, -0.15) is 0 Å². The van der Waals surface area contributed by atoms with Crippen LogP contribution in [0.5, 0.6) is 0 Å². The van der Waals surface area contributed by atoms with Gasteiger partial charge in [-0.25, -0.2) is 0 Å². The summed E-state index contributed by atoms with van der Waals surface area (Å²) in [4.78, 5) is 14.6. The van der Waals surface area contributed by atoms with Crippen LogP contribution in [-0.4, -0.2) is 50.3 Å². The SMILES string of the molecule is CCCC(C)(CCC)C(=O)OCCCN1CCOCC1. The lowest BCUT2D eigenvalue weighted by atomic mass is 9.81. The normalized spacial score (nSPS) is 17.1. The van der Waals surface area contributed by atoms with E-state index < -0.39 is 0 Å². The van der Waals surface area contributed by atoms with Crippen LogP contribution in [0.1, 0.15) is 52.9 Å². The van der Waals surface area contributed by atoms with Crippen molar-refractivity contribution in [2.45, 2.75) is 52.9 Å². The van der Waals surface area contributed by atoms with Crippen LogP contribution in [0.2, 0.25) is 0 Å². The van der Waals surface area contributed by atoms with Crippen LogP contribution < -0.4 is 0 Å². The van der Waals surface area contributed by atoms with Crippen LogP contribution in [0.3, 0.4) is 0 Å². The molecule has 0 aromatic heterocycles. The average Bonchev–Trinajstić information content (AvgIpc) is 2.45. The molecule has 1 aliphatic heterocycles. The molecule has 20 heavy (non-hydrogen) atoms. The highest BCUT2D eigenvalue weighted by Gasteiger charge is 2.32. The van der Waals surface area contributed by atoms with Gasteiger partial charge in [0.25, 0.3) is 0 Å². The average molecular weight is 285 g/mol. The third kappa shape index (κ3) is 5.80. The molecule has 1 rings (SSSR count). The maximum Gasteiger partial charge on any atom is 0.311 e. The van der Waals surface area contributed by atoms with Crippen molar-refractivity contribution < 1.29 is 14.3 Å². The van der Waals surface area contributed by atoms with Crippen LogP contribution in [-0.2, 0) is 14.3 Å². The highest BCUT2D eigenvalue weighted by Crippen LogP contribution is 2.30. The lowest BCUT2D eigenvalue weighted by Gasteiger charge is -2.28. The number of ether oxygens (including phenoxy) is 2. The van der Waals surface area contributed by atoms with Crippen molar-refractivity contribution in [1.82, 2.24) is 4.90 Å². The molecule has 0 unspecified atom stereocenters. The zero-order valence-electron chi connectivity index (χ0n) is 13.5. The number of morpholine rings is 1. The minimum atomic E-state index is -0.289. The first-order chi connectivity index (χ1) is 9.62. The number of carbonyl (C=O) groups excluding carboxylic acids is 1. The van der Waals surface area contributed by atoms with Gasteiger partial charge in [-0.1, -0.05) is 26.7 Å². The molecule has 1 saturated heterocycles. The molecule has 0 saturated carbocycles. The van der Waals surface area contributed by atoms with E-state index in [0.29, 0.717) is 6.61 Å². The van der Waals surface area contributed by atoms with Gasteiger partial charge < -0.3 is 9.47 Å². The molecule has 0 aromatic carbocycles. The second kappa shape index (κ2) is 9.35. The Balaban J connectivity index is 2.23. The number of rotatable bonds is 9. The predicted molar refractivity (Wildman–Crippen MR) is 80.8 cm³/mol. The van der Waals surface area contributed by atoms with Gasteiger partial charge >= 0.3 is 5.97 Å². The lowest BCUT2D eigenvalue weighted by molar-refractivity contribution is -0.156. The number of esters is 1. The number of hydrogen-bond acceptors (Lipinski definition) is 4. The van der Waals surface area contributed by atoms with Crippen molar-refractivity contribution in [2.75, 3.05) is 39.5 Å². The van der Waals surface area contributed by atoms with Gasteiger partial charge in [0.2, 0.25) is 0 Å². The molecular weight excluding hydrogens is 254 g/mol. The van der Waals surface area contributed by atoms with E-state index in [1.165, 1.54) is 0 Å². The molecule has 0 radical (unpaired) electrons. The van der Waals surface area contributed by atoms with Gasteiger partial charge in [0.05, 0.1) is 25.2 Å². The van der Waals surface area contributed by atoms with Crippen LogP contribution in [0, 0.1) is 5.41 Å².